The van der Waals surface area contributed by atoms with Crippen LogP contribution in [0.3, 0.4) is 0 Å². The number of hydrogen-bond acceptors (Lipinski definition) is 3. The van der Waals surface area contributed by atoms with Crippen LogP contribution in [0.1, 0.15) is 61.4 Å². The van der Waals surface area contributed by atoms with Crippen LogP contribution in [0.5, 0.6) is 0 Å². The van der Waals surface area contributed by atoms with Crippen LogP contribution in [-0.2, 0) is 13.1 Å². The summed E-state index contributed by atoms with van der Waals surface area (Å²) >= 11 is 0. The molecule has 0 aliphatic heterocycles. The topological polar surface area (TPSA) is 9.72 Å². The van der Waals surface area contributed by atoms with E-state index in [-0.39, 0.29) is 5.92 Å². The molecule has 5 rings (SSSR count). The van der Waals surface area contributed by atoms with E-state index in [1.165, 1.54) is 44.9 Å². The first-order valence-electron chi connectivity index (χ1n) is 16.3. The minimum absolute atomic E-state index is 0.150. The summed E-state index contributed by atoms with van der Waals surface area (Å²) in [6.45, 7) is 14.7. The highest BCUT2D eigenvalue weighted by Crippen LogP contribution is 2.35. The van der Waals surface area contributed by atoms with Crippen molar-refractivity contribution in [1.82, 2.24) is 0 Å². The van der Waals surface area contributed by atoms with E-state index in [2.05, 4.69) is 176 Å². The van der Waals surface area contributed by atoms with E-state index in [1.54, 1.807) is 0 Å². The van der Waals surface area contributed by atoms with Crippen LogP contribution in [0.4, 0.5) is 17.1 Å². The lowest BCUT2D eigenvalue weighted by Crippen LogP contribution is -2.22. The second kappa shape index (κ2) is 15.3. The molecule has 0 aromatic heterocycles. The summed E-state index contributed by atoms with van der Waals surface area (Å²) < 4.78 is 0. The molecule has 0 aliphatic rings. The van der Waals surface area contributed by atoms with Crippen molar-refractivity contribution in [2.24, 2.45) is 0 Å². The molecular formula is C41H47N3. The third kappa shape index (κ3) is 7.52. The maximum atomic E-state index is 2.44. The minimum atomic E-state index is 0.150. The zero-order valence-corrected chi connectivity index (χ0v) is 26.9. The smallest absolute Gasteiger partial charge is 0.0429 e. The summed E-state index contributed by atoms with van der Waals surface area (Å²) in [6, 6.07) is 49.2. The fourth-order valence-corrected chi connectivity index (χ4v) is 6.18. The Labute approximate surface area is 265 Å². The van der Waals surface area contributed by atoms with Gasteiger partial charge in [-0.1, -0.05) is 97.1 Å². The summed E-state index contributed by atoms with van der Waals surface area (Å²) in [5.74, 6) is 0.150. The lowest BCUT2D eigenvalue weighted by Gasteiger charge is -2.26. The molecule has 0 aliphatic carbocycles. The summed E-state index contributed by atoms with van der Waals surface area (Å²) in [6.07, 6.45) is 0. The number of anilines is 3. The molecule has 3 nitrogen and oxygen atoms in total. The molecule has 0 spiro atoms. The van der Waals surface area contributed by atoms with Crippen molar-refractivity contribution >= 4 is 17.1 Å². The molecule has 3 heteroatoms. The van der Waals surface area contributed by atoms with Crippen molar-refractivity contribution in [2.45, 2.75) is 46.7 Å². The Bertz CT molecular complexity index is 1430. The van der Waals surface area contributed by atoms with Gasteiger partial charge in [-0.25, -0.2) is 0 Å². The maximum Gasteiger partial charge on any atom is 0.0429 e. The highest BCUT2D eigenvalue weighted by Gasteiger charge is 2.19. The first-order chi connectivity index (χ1) is 21.6. The Morgan fingerprint density at radius 3 is 0.955 bits per heavy atom. The molecule has 0 saturated carbocycles. The zero-order chi connectivity index (χ0) is 30.7. The average Bonchev–Trinajstić information content (AvgIpc) is 3.09. The van der Waals surface area contributed by atoms with E-state index in [1.807, 2.05) is 0 Å². The molecule has 0 bridgehead atoms. The highest BCUT2D eigenvalue weighted by atomic mass is 15.1. The third-order valence-electron chi connectivity index (χ3n) is 8.73. The summed E-state index contributed by atoms with van der Waals surface area (Å²) in [5.41, 5.74) is 10.4. The second-order valence-electron chi connectivity index (χ2n) is 11.4. The van der Waals surface area contributed by atoms with E-state index in [9.17, 15) is 0 Å². The normalized spacial score (nSPS) is 11.0. The van der Waals surface area contributed by atoms with Crippen molar-refractivity contribution < 1.29 is 0 Å². The van der Waals surface area contributed by atoms with Gasteiger partial charge in [0.2, 0.25) is 0 Å². The van der Waals surface area contributed by atoms with Crippen LogP contribution in [0.2, 0.25) is 0 Å². The number of nitrogens with zero attached hydrogens (tertiary/aromatic N) is 3. The van der Waals surface area contributed by atoms with Gasteiger partial charge < -0.3 is 14.7 Å². The van der Waals surface area contributed by atoms with Crippen LogP contribution < -0.4 is 14.7 Å². The Balaban J connectivity index is 1.45. The van der Waals surface area contributed by atoms with Crippen LogP contribution in [0.15, 0.2) is 133 Å². The van der Waals surface area contributed by atoms with Gasteiger partial charge in [-0.3, -0.25) is 0 Å². The summed E-state index contributed by atoms with van der Waals surface area (Å²) in [5, 5.41) is 0. The van der Waals surface area contributed by atoms with Crippen molar-refractivity contribution in [1.29, 1.82) is 0 Å². The Hall–Kier alpha value is -4.50. The Morgan fingerprint density at radius 1 is 0.364 bits per heavy atom. The first kappa shape index (κ1) is 30.9. The Kier molecular flexibility index (Phi) is 10.8. The maximum absolute atomic E-state index is 2.44. The number of hydrogen-bond donors (Lipinski definition) is 0. The molecule has 0 heterocycles. The lowest BCUT2D eigenvalue weighted by atomic mass is 9.85. The summed E-state index contributed by atoms with van der Waals surface area (Å²) in [7, 11) is 0. The van der Waals surface area contributed by atoms with Crippen molar-refractivity contribution in [3.05, 3.63) is 161 Å². The molecule has 0 fully saturated rings. The van der Waals surface area contributed by atoms with Crippen molar-refractivity contribution in [2.75, 3.05) is 40.9 Å². The first-order valence-corrected chi connectivity index (χ1v) is 16.3. The molecule has 0 radical (unpaired) electrons. The number of rotatable bonds is 14. The van der Waals surface area contributed by atoms with Crippen LogP contribution in [0, 0.1) is 0 Å². The molecule has 0 amide bonds. The van der Waals surface area contributed by atoms with Gasteiger partial charge in [0.25, 0.3) is 0 Å². The predicted octanol–water partition coefficient (Wildman–Crippen LogP) is 9.77. The molecule has 0 saturated heterocycles. The Morgan fingerprint density at radius 2 is 0.659 bits per heavy atom. The van der Waals surface area contributed by atoms with E-state index >= 15 is 0 Å². The molecule has 5 aromatic carbocycles. The molecular weight excluding hydrogens is 534 g/mol. The van der Waals surface area contributed by atoms with Gasteiger partial charge in [0.05, 0.1) is 0 Å². The highest BCUT2D eigenvalue weighted by molar-refractivity contribution is 5.56. The average molecular weight is 582 g/mol. The van der Waals surface area contributed by atoms with Gasteiger partial charge in [0.1, 0.15) is 0 Å². The van der Waals surface area contributed by atoms with Crippen molar-refractivity contribution in [3.63, 3.8) is 0 Å². The van der Waals surface area contributed by atoms with Gasteiger partial charge in [-0.15, -0.1) is 0 Å². The SMILES string of the molecule is CCN(CC)c1ccc(C(c2ccc(N(CC)Cc3ccccc3)cc2)c2ccc(N(CC)Cc3ccccc3)cc2)cc1. The lowest BCUT2D eigenvalue weighted by molar-refractivity contribution is 0.829. The van der Waals surface area contributed by atoms with Crippen LogP contribution in [0.25, 0.3) is 0 Å². The number of benzene rings is 5. The van der Waals surface area contributed by atoms with Crippen molar-refractivity contribution in [3.8, 4) is 0 Å². The van der Waals surface area contributed by atoms with Gasteiger partial charge in [0.15, 0.2) is 0 Å². The van der Waals surface area contributed by atoms with Crippen LogP contribution in [-0.4, -0.2) is 26.2 Å². The molecule has 0 N–H and O–H groups in total. The summed E-state index contributed by atoms with van der Waals surface area (Å²) in [4.78, 5) is 7.28. The van der Waals surface area contributed by atoms with Gasteiger partial charge in [0, 0.05) is 62.2 Å². The van der Waals surface area contributed by atoms with Gasteiger partial charge in [-0.2, -0.15) is 0 Å². The molecule has 5 aromatic rings. The molecule has 44 heavy (non-hydrogen) atoms. The fourth-order valence-electron chi connectivity index (χ4n) is 6.18. The zero-order valence-electron chi connectivity index (χ0n) is 26.9. The minimum Gasteiger partial charge on any atom is -0.372 e. The standard InChI is InChI=1S/C41H47N3/c1-5-42(6-2)38-25-19-35(20-26-38)41(36-21-27-39(28-22-36)43(7-3)31-33-15-11-9-12-16-33)37-23-29-40(30-24-37)44(8-4)32-34-17-13-10-14-18-34/h9-30,41H,5-8,31-32H2,1-4H3. The molecule has 0 unspecified atom stereocenters. The second-order valence-corrected chi connectivity index (χ2v) is 11.4. The quantitative estimate of drug-likeness (QED) is 0.121. The van der Waals surface area contributed by atoms with E-state index in [0.29, 0.717) is 0 Å². The van der Waals surface area contributed by atoms with E-state index in [0.717, 1.165) is 39.3 Å². The fraction of sp³-hybridized carbons (Fsp3) is 0.268. The monoisotopic (exact) mass is 581 g/mol. The van der Waals surface area contributed by atoms with Gasteiger partial charge in [-0.05, 0) is 91.9 Å². The molecule has 0 atom stereocenters. The van der Waals surface area contributed by atoms with Gasteiger partial charge >= 0.3 is 0 Å². The largest absolute Gasteiger partial charge is 0.372 e. The van der Waals surface area contributed by atoms with Crippen LogP contribution >= 0.6 is 0 Å². The molecule has 226 valence electrons. The third-order valence-corrected chi connectivity index (χ3v) is 8.73. The predicted molar refractivity (Wildman–Crippen MR) is 190 cm³/mol. The van der Waals surface area contributed by atoms with E-state index < -0.39 is 0 Å². The van der Waals surface area contributed by atoms with E-state index in [4.69, 9.17) is 0 Å².